The molecule has 2 nitrogen and oxygen atoms in total. The molecule has 3 heteroatoms. The second-order valence-electron chi connectivity index (χ2n) is 4.81. The molecule has 0 radical (unpaired) electrons. The highest BCUT2D eigenvalue weighted by Crippen LogP contribution is 2.26. The Kier molecular flexibility index (Phi) is 6.40. The van der Waals surface area contributed by atoms with Gasteiger partial charge in [0.05, 0.1) is 0 Å². The van der Waals surface area contributed by atoms with Crippen LogP contribution in [-0.2, 0) is 4.79 Å². The fourth-order valence-electron chi connectivity index (χ4n) is 2.35. The van der Waals surface area contributed by atoms with Crippen LogP contribution < -0.4 is 5.32 Å². The lowest BCUT2D eigenvalue weighted by molar-refractivity contribution is -0.126. The van der Waals surface area contributed by atoms with Gasteiger partial charge in [0.1, 0.15) is 0 Å². The zero-order valence-electron chi connectivity index (χ0n) is 10.5. The zero-order valence-corrected chi connectivity index (χ0v) is 12.1. The van der Waals surface area contributed by atoms with Crippen LogP contribution in [0.15, 0.2) is 0 Å². The van der Waals surface area contributed by atoms with Crippen molar-refractivity contribution in [2.24, 2.45) is 5.92 Å². The number of hydrogen-bond acceptors (Lipinski definition) is 1. The first-order chi connectivity index (χ1) is 7.69. The van der Waals surface area contributed by atoms with Crippen molar-refractivity contribution in [3.05, 3.63) is 0 Å². The molecule has 0 bridgehead atoms. The molecule has 1 rings (SSSR count). The molecular weight excluding hydrogens is 266 g/mol. The summed E-state index contributed by atoms with van der Waals surface area (Å²) in [6.45, 7) is 4.29. The van der Waals surface area contributed by atoms with E-state index in [1.165, 1.54) is 19.3 Å². The molecule has 0 saturated heterocycles. The number of nitrogens with one attached hydrogen (secondary N) is 1. The van der Waals surface area contributed by atoms with E-state index < -0.39 is 0 Å². The van der Waals surface area contributed by atoms with Gasteiger partial charge in [0.15, 0.2) is 0 Å². The minimum absolute atomic E-state index is 0.222. The van der Waals surface area contributed by atoms with E-state index in [9.17, 15) is 4.79 Å². The summed E-state index contributed by atoms with van der Waals surface area (Å²) in [7, 11) is 0. The van der Waals surface area contributed by atoms with Crippen molar-refractivity contribution in [2.75, 3.05) is 0 Å². The molecule has 1 saturated carbocycles. The van der Waals surface area contributed by atoms with Crippen molar-refractivity contribution < 1.29 is 4.79 Å². The van der Waals surface area contributed by atoms with E-state index in [-0.39, 0.29) is 11.8 Å². The fraction of sp³-hybridized carbons (Fsp3) is 0.923. The first-order valence-corrected chi connectivity index (χ1v) is 7.55. The number of carbonyl (C=O) groups excluding carboxylic acids is 1. The molecule has 0 spiro atoms. The normalized spacial score (nSPS) is 26.7. The average Bonchev–Trinajstić information content (AvgIpc) is 2.65. The molecule has 1 aliphatic carbocycles. The first kappa shape index (κ1) is 14.0. The summed E-state index contributed by atoms with van der Waals surface area (Å²) in [5.41, 5.74) is 0. The third-order valence-corrected chi connectivity index (χ3v) is 4.63. The van der Waals surface area contributed by atoms with Gasteiger partial charge in [-0.1, -0.05) is 49.0 Å². The van der Waals surface area contributed by atoms with E-state index in [0.29, 0.717) is 10.9 Å². The van der Waals surface area contributed by atoms with E-state index in [4.69, 9.17) is 0 Å². The molecule has 0 aliphatic heterocycles. The summed E-state index contributed by atoms with van der Waals surface area (Å²) in [5.74, 6) is 0.493. The highest BCUT2D eigenvalue weighted by atomic mass is 79.9. The van der Waals surface area contributed by atoms with Gasteiger partial charge in [0.2, 0.25) is 5.91 Å². The van der Waals surface area contributed by atoms with Gasteiger partial charge in [-0.3, -0.25) is 4.79 Å². The average molecular weight is 290 g/mol. The lowest BCUT2D eigenvalue weighted by Gasteiger charge is -2.20. The van der Waals surface area contributed by atoms with E-state index in [0.717, 1.165) is 25.7 Å². The molecule has 0 heterocycles. The van der Waals surface area contributed by atoms with Crippen LogP contribution in [0.2, 0.25) is 0 Å². The van der Waals surface area contributed by atoms with Crippen LogP contribution in [-0.4, -0.2) is 16.8 Å². The Morgan fingerprint density at radius 3 is 2.69 bits per heavy atom. The van der Waals surface area contributed by atoms with Crippen molar-refractivity contribution in [2.45, 2.75) is 69.7 Å². The quantitative estimate of drug-likeness (QED) is 0.744. The minimum Gasteiger partial charge on any atom is -0.352 e. The number of halogens is 1. The van der Waals surface area contributed by atoms with Crippen molar-refractivity contribution >= 4 is 21.8 Å². The Morgan fingerprint density at radius 2 is 2.19 bits per heavy atom. The maximum absolute atomic E-state index is 12.0. The Labute approximate surface area is 108 Å². The van der Waals surface area contributed by atoms with Gasteiger partial charge in [0, 0.05) is 16.8 Å². The maximum atomic E-state index is 12.0. The van der Waals surface area contributed by atoms with Gasteiger partial charge >= 0.3 is 0 Å². The smallest absolute Gasteiger partial charge is 0.223 e. The number of rotatable bonds is 6. The summed E-state index contributed by atoms with van der Waals surface area (Å²) in [6.07, 6.45) is 7.89. The standard InChI is InChI=1S/C13H24BrNO/c1-3-5-7-10(4-2)13(16)15-12-9-6-8-11(12)14/h10-12H,3-9H2,1-2H3,(H,15,16). The molecule has 0 aromatic rings. The molecule has 1 amide bonds. The topological polar surface area (TPSA) is 29.1 Å². The van der Waals surface area contributed by atoms with Crippen molar-refractivity contribution in [1.29, 1.82) is 0 Å². The second-order valence-corrected chi connectivity index (χ2v) is 5.99. The molecule has 0 aromatic heterocycles. The molecule has 94 valence electrons. The third-order valence-electron chi connectivity index (χ3n) is 3.53. The van der Waals surface area contributed by atoms with Crippen LogP contribution in [0.4, 0.5) is 0 Å². The lowest BCUT2D eigenvalue weighted by Crippen LogP contribution is -2.41. The summed E-state index contributed by atoms with van der Waals surface area (Å²) in [5, 5.41) is 3.20. The predicted octanol–water partition coefficient (Wildman–Crippen LogP) is 3.64. The van der Waals surface area contributed by atoms with E-state index in [1.807, 2.05) is 0 Å². The van der Waals surface area contributed by atoms with E-state index in [2.05, 4.69) is 35.1 Å². The maximum Gasteiger partial charge on any atom is 0.223 e. The molecule has 1 N–H and O–H groups in total. The van der Waals surface area contributed by atoms with Crippen molar-refractivity contribution in [1.82, 2.24) is 5.32 Å². The molecular formula is C13H24BrNO. The summed E-state index contributed by atoms with van der Waals surface area (Å²) < 4.78 is 0. The van der Waals surface area contributed by atoms with Gasteiger partial charge in [-0.2, -0.15) is 0 Å². The second kappa shape index (κ2) is 7.31. The molecule has 16 heavy (non-hydrogen) atoms. The van der Waals surface area contributed by atoms with Crippen LogP contribution in [0.1, 0.15) is 58.8 Å². The lowest BCUT2D eigenvalue weighted by atomic mass is 9.98. The summed E-state index contributed by atoms with van der Waals surface area (Å²) >= 11 is 3.64. The number of alkyl halides is 1. The third kappa shape index (κ3) is 4.08. The Balaban J connectivity index is 2.36. The molecule has 3 unspecified atom stereocenters. The monoisotopic (exact) mass is 289 g/mol. The molecule has 1 aliphatic rings. The van der Waals surface area contributed by atoms with E-state index in [1.54, 1.807) is 0 Å². The Hall–Kier alpha value is -0.0500. The van der Waals surface area contributed by atoms with Crippen LogP contribution in [0.5, 0.6) is 0 Å². The highest BCUT2D eigenvalue weighted by molar-refractivity contribution is 9.09. The van der Waals surface area contributed by atoms with Gasteiger partial charge in [-0.05, 0) is 25.7 Å². The number of carbonyl (C=O) groups is 1. The number of hydrogen-bond donors (Lipinski definition) is 1. The number of unbranched alkanes of at least 4 members (excludes halogenated alkanes) is 1. The first-order valence-electron chi connectivity index (χ1n) is 6.63. The Bertz CT molecular complexity index is 220. The van der Waals surface area contributed by atoms with Crippen LogP contribution >= 0.6 is 15.9 Å². The highest BCUT2D eigenvalue weighted by Gasteiger charge is 2.28. The summed E-state index contributed by atoms with van der Waals surface area (Å²) in [4.78, 5) is 12.5. The van der Waals surface area contributed by atoms with E-state index >= 15 is 0 Å². The molecule has 3 atom stereocenters. The van der Waals surface area contributed by atoms with Gasteiger partial charge in [0.25, 0.3) is 0 Å². The molecule has 1 fully saturated rings. The van der Waals surface area contributed by atoms with Gasteiger partial charge < -0.3 is 5.32 Å². The largest absolute Gasteiger partial charge is 0.352 e. The Morgan fingerprint density at radius 1 is 1.44 bits per heavy atom. The van der Waals surface area contributed by atoms with Crippen LogP contribution in [0, 0.1) is 5.92 Å². The van der Waals surface area contributed by atoms with Gasteiger partial charge in [-0.15, -0.1) is 0 Å². The minimum atomic E-state index is 0.222. The summed E-state index contributed by atoms with van der Waals surface area (Å²) in [6, 6.07) is 0.364. The van der Waals surface area contributed by atoms with Crippen LogP contribution in [0.3, 0.4) is 0 Å². The SMILES string of the molecule is CCCCC(CC)C(=O)NC1CCCC1Br. The predicted molar refractivity (Wildman–Crippen MR) is 71.8 cm³/mol. The zero-order chi connectivity index (χ0) is 12.0. The molecule has 0 aromatic carbocycles. The van der Waals surface area contributed by atoms with Crippen molar-refractivity contribution in [3.63, 3.8) is 0 Å². The fourth-order valence-corrected chi connectivity index (χ4v) is 3.07. The number of amides is 1. The van der Waals surface area contributed by atoms with Crippen molar-refractivity contribution in [3.8, 4) is 0 Å². The van der Waals surface area contributed by atoms with Gasteiger partial charge in [-0.25, -0.2) is 0 Å². The van der Waals surface area contributed by atoms with Crippen LogP contribution in [0.25, 0.3) is 0 Å².